The largest absolute Gasteiger partial charge is 0.469 e. The molecule has 2 heterocycles. The summed E-state index contributed by atoms with van der Waals surface area (Å²) in [5.74, 6) is -0.446. The van der Waals surface area contributed by atoms with Crippen molar-refractivity contribution in [2.75, 3.05) is 13.7 Å². The molecule has 0 aliphatic rings. The van der Waals surface area contributed by atoms with Crippen LogP contribution in [0.15, 0.2) is 79.0 Å². The fourth-order valence-electron chi connectivity index (χ4n) is 4.91. The number of nitrogens with zero attached hydrogens (tertiary/aromatic N) is 2. The van der Waals surface area contributed by atoms with Crippen LogP contribution in [0.1, 0.15) is 47.3 Å². The number of aromatic amines is 1. The molecular formula is C32H30Cl2N4O3. The van der Waals surface area contributed by atoms with Gasteiger partial charge in [-0.3, -0.25) is 9.59 Å². The smallest absolute Gasteiger partial charge is 0.305 e. The van der Waals surface area contributed by atoms with Gasteiger partial charge in [0.1, 0.15) is 5.69 Å². The van der Waals surface area contributed by atoms with Crippen molar-refractivity contribution in [3.05, 3.63) is 106 Å². The Labute approximate surface area is 248 Å². The van der Waals surface area contributed by atoms with Crippen LogP contribution in [0.25, 0.3) is 27.8 Å². The molecule has 0 atom stereocenters. The number of rotatable bonds is 11. The third kappa shape index (κ3) is 6.64. The molecule has 0 aliphatic heterocycles. The van der Waals surface area contributed by atoms with Crippen LogP contribution >= 0.6 is 23.2 Å². The Bertz CT molecular complexity index is 1660. The van der Waals surface area contributed by atoms with E-state index in [1.165, 1.54) is 7.11 Å². The molecule has 0 fully saturated rings. The quantitative estimate of drug-likeness (QED) is 0.124. The molecule has 41 heavy (non-hydrogen) atoms. The molecule has 0 aliphatic carbocycles. The number of esters is 1. The van der Waals surface area contributed by atoms with E-state index in [1.807, 2.05) is 83.7 Å². The monoisotopic (exact) mass is 588 g/mol. The number of ether oxygens (including phenoxy) is 1. The summed E-state index contributed by atoms with van der Waals surface area (Å²) in [5.41, 5.74) is 5.69. The van der Waals surface area contributed by atoms with Crippen molar-refractivity contribution in [3.63, 3.8) is 0 Å². The topological polar surface area (TPSA) is 89.0 Å². The first-order chi connectivity index (χ1) is 19.9. The van der Waals surface area contributed by atoms with Crippen molar-refractivity contribution in [3.8, 4) is 16.9 Å². The molecule has 0 saturated carbocycles. The molecule has 3 aromatic carbocycles. The molecule has 7 nitrogen and oxygen atoms in total. The fraction of sp³-hybridized carbons (Fsp3) is 0.219. The van der Waals surface area contributed by atoms with E-state index < -0.39 is 0 Å². The molecule has 2 N–H and O–H groups in total. The highest BCUT2D eigenvalue weighted by Gasteiger charge is 2.25. The van der Waals surface area contributed by atoms with Gasteiger partial charge < -0.3 is 15.0 Å². The highest BCUT2D eigenvalue weighted by Crippen LogP contribution is 2.38. The molecule has 5 rings (SSSR count). The minimum atomic E-state index is -0.224. The van der Waals surface area contributed by atoms with Crippen molar-refractivity contribution in [1.29, 1.82) is 0 Å². The van der Waals surface area contributed by atoms with Gasteiger partial charge in [0, 0.05) is 51.5 Å². The maximum Gasteiger partial charge on any atom is 0.305 e. The molecule has 0 spiro atoms. The van der Waals surface area contributed by atoms with Gasteiger partial charge in [-0.2, -0.15) is 5.10 Å². The van der Waals surface area contributed by atoms with Crippen molar-refractivity contribution < 1.29 is 14.3 Å². The molecule has 2 aromatic heterocycles. The Balaban J connectivity index is 1.54. The van der Waals surface area contributed by atoms with Gasteiger partial charge in [-0.05, 0) is 54.8 Å². The molecule has 5 aromatic rings. The number of carbonyl (C=O) groups is 2. The zero-order valence-electron chi connectivity index (χ0n) is 22.6. The van der Waals surface area contributed by atoms with Crippen LogP contribution in [0.4, 0.5) is 0 Å². The number of carbonyl (C=O) groups excluding carboxylic acids is 2. The second-order valence-electron chi connectivity index (χ2n) is 9.78. The van der Waals surface area contributed by atoms with Gasteiger partial charge >= 0.3 is 5.97 Å². The summed E-state index contributed by atoms with van der Waals surface area (Å²) < 4.78 is 6.58. The maximum atomic E-state index is 13.7. The van der Waals surface area contributed by atoms with Gasteiger partial charge in [0.25, 0.3) is 5.91 Å². The lowest BCUT2D eigenvalue weighted by molar-refractivity contribution is -0.140. The Morgan fingerprint density at radius 3 is 2.46 bits per heavy atom. The number of fused-ring (bicyclic) bond motifs is 1. The van der Waals surface area contributed by atoms with Gasteiger partial charge in [0.2, 0.25) is 0 Å². The Morgan fingerprint density at radius 1 is 0.951 bits per heavy atom. The molecule has 210 valence electrons. The summed E-state index contributed by atoms with van der Waals surface area (Å²) >= 11 is 12.5. The van der Waals surface area contributed by atoms with Crippen molar-refractivity contribution in [1.82, 2.24) is 20.1 Å². The number of para-hydroxylation sites is 1. The van der Waals surface area contributed by atoms with E-state index >= 15 is 0 Å². The number of H-pyrrole nitrogens is 1. The van der Waals surface area contributed by atoms with Crippen LogP contribution in [-0.2, 0) is 16.0 Å². The van der Waals surface area contributed by atoms with E-state index in [0.29, 0.717) is 41.5 Å². The first-order valence-electron chi connectivity index (χ1n) is 13.5. The second-order valence-corrected chi connectivity index (χ2v) is 10.6. The van der Waals surface area contributed by atoms with Crippen LogP contribution in [0, 0.1) is 0 Å². The third-order valence-corrected chi connectivity index (χ3v) is 7.44. The molecule has 0 radical (unpaired) electrons. The molecule has 0 unspecified atom stereocenters. The second kappa shape index (κ2) is 13.1. The van der Waals surface area contributed by atoms with E-state index in [4.69, 9.17) is 33.0 Å². The average Bonchev–Trinajstić information content (AvgIpc) is 3.56. The van der Waals surface area contributed by atoms with E-state index in [-0.39, 0.29) is 11.9 Å². The Hall–Kier alpha value is -4.07. The van der Waals surface area contributed by atoms with Crippen LogP contribution in [0.2, 0.25) is 10.0 Å². The maximum absolute atomic E-state index is 13.7. The lowest BCUT2D eigenvalue weighted by atomic mass is 9.98. The predicted molar refractivity (Wildman–Crippen MR) is 163 cm³/mol. The number of hydrogen-bond acceptors (Lipinski definition) is 4. The van der Waals surface area contributed by atoms with Gasteiger partial charge in [0.05, 0.1) is 24.7 Å². The summed E-state index contributed by atoms with van der Waals surface area (Å²) in [6.45, 7) is 0.477. The van der Waals surface area contributed by atoms with E-state index in [2.05, 4.69) is 10.3 Å². The van der Waals surface area contributed by atoms with Crippen LogP contribution in [0.3, 0.4) is 0 Å². The number of methoxy groups -OCH3 is 1. The van der Waals surface area contributed by atoms with Gasteiger partial charge in [-0.1, -0.05) is 66.0 Å². The van der Waals surface area contributed by atoms with Crippen molar-refractivity contribution >= 4 is 46.0 Å². The number of aromatic nitrogens is 3. The Kier molecular flexibility index (Phi) is 9.07. The Morgan fingerprint density at radius 2 is 1.71 bits per heavy atom. The number of hydrogen-bond donors (Lipinski definition) is 2. The predicted octanol–water partition coefficient (Wildman–Crippen LogP) is 7.38. The van der Waals surface area contributed by atoms with Crippen LogP contribution in [-0.4, -0.2) is 40.3 Å². The normalized spacial score (nSPS) is 11.1. The minimum absolute atomic E-state index is 0.222. The molecular weight excluding hydrogens is 559 g/mol. The average molecular weight is 590 g/mol. The van der Waals surface area contributed by atoms with E-state index in [9.17, 15) is 9.59 Å². The minimum Gasteiger partial charge on any atom is -0.469 e. The van der Waals surface area contributed by atoms with Crippen molar-refractivity contribution in [2.45, 2.75) is 32.1 Å². The van der Waals surface area contributed by atoms with E-state index in [0.717, 1.165) is 51.8 Å². The molecule has 0 bridgehead atoms. The summed E-state index contributed by atoms with van der Waals surface area (Å²) in [6.07, 6.45) is 5.08. The van der Waals surface area contributed by atoms with Gasteiger partial charge in [-0.15, -0.1) is 0 Å². The summed E-state index contributed by atoms with van der Waals surface area (Å²) in [4.78, 5) is 28.4. The van der Waals surface area contributed by atoms with Crippen molar-refractivity contribution in [2.24, 2.45) is 0 Å². The molecule has 0 saturated heterocycles. The lowest BCUT2D eigenvalue weighted by Crippen LogP contribution is -2.25. The SMILES string of the molecule is COC(=O)CCCCCNC(=O)c1[nH]c2cc(Cl)ccc2c1-c1c(Cc2ccc(Cl)cc2)cnn1-c1ccccc1. The van der Waals surface area contributed by atoms with Crippen LogP contribution in [0.5, 0.6) is 0 Å². The first-order valence-corrected chi connectivity index (χ1v) is 14.2. The standard InChI is InChI=1S/C32H30Cl2N4O3/c1-41-28(39)10-6-3-7-17-35-32(40)30-29(26-16-15-24(34)19-27(26)37-30)31-22(18-21-11-13-23(33)14-12-21)20-36-38(31)25-8-4-2-5-9-25/h2,4-5,8-9,11-16,19-20,37H,3,6-7,10,17-18H2,1H3,(H,35,40). The highest BCUT2D eigenvalue weighted by atomic mass is 35.5. The number of benzene rings is 3. The highest BCUT2D eigenvalue weighted by molar-refractivity contribution is 6.31. The fourth-order valence-corrected chi connectivity index (χ4v) is 5.21. The summed E-state index contributed by atoms with van der Waals surface area (Å²) in [5, 5.41) is 9.94. The summed E-state index contributed by atoms with van der Waals surface area (Å²) in [6, 6.07) is 23.2. The van der Waals surface area contributed by atoms with Gasteiger partial charge in [-0.25, -0.2) is 4.68 Å². The summed E-state index contributed by atoms with van der Waals surface area (Å²) in [7, 11) is 1.39. The van der Waals surface area contributed by atoms with Crippen LogP contribution < -0.4 is 5.32 Å². The van der Waals surface area contributed by atoms with E-state index in [1.54, 1.807) is 0 Å². The number of halogens is 2. The molecule has 1 amide bonds. The van der Waals surface area contributed by atoms with Gasteiger partial charge in [0.15, 0.2) is 0 Å². The third-order valence-electron chi connectivity index (χ3n) is 6.95. The zero-order chi connectivity index (χ0) is 28.8. The zero-order valence-corrected chi connectivity index (χ0v) is 24.1. The first kappa shape index (κ1) is 28.5. The number of nitrogens with one attached hydrogen (secondary N) is 2. The lowest BCUT2D eigenvalue weighted by Gasteiger charge is -2.13. The molecule has 9 heteroatoms. The number of amides is 1. The number of unbranched alkanes of at least 4 members (excludes halogenated alkanes) is 2.